The van der Waals surface area contributed by atoms with E-state index in [4.69, 9.17) is 4.42 Å². The Morgan fingerprint density at radius 2 is 2.16 bits per heavy atom. The average Bonchev–Trinajstić information content (AvgIpc) is 3.25. The Balaban J connectivity index is 1.60. The highest BCUT2D eigenvalue weighted by Gasteiger charge is 2.17. The smallest absolute Gasteiger partial charge is 0.291 e. The molecule has 7 nitrogen and oxygen atoms in total. The number of carbonyl (C=O) groups is 1. The zero-order chi connectivity index (χ0) is 18.0. The summed E-state index contributed by atoms with van der Waals surface area (Å²) in [5.74, 6) is 1.32. The maximum atomic E-state index is 12.3. The van der Waals surface area contributed by atoms with Crippen LogP contribution in [0.25, 0.3) is 0 Å². The van der Waals surface area contributed by atoms with E-state index in [0.29, 0.717) is 11.4 Å². The molecule has 0 atom stereocenters. The van der Waals surface area contributed by atoms with Crippen LogP contribution in [0, 0.1) is 0 Å². The van der Waals surface area contributed by atoms with Crippen molar-refractivity contribution in [1.29, 1.82) is 0 Å². The Morgan fingerprint density at radius 3 is 2.80 bits per heavy atom. The van der Waals surface area contributed by atoms with Gasteiger partial charge in [-0.1, -0.05) is 11.8 Å². The first-order chi connectivity index (χ1) is 11.8. The number of rotatable bonds is 5. The predicted octanol–water partition coefficient (Wildman–Crippen LogP) is 3.51. The number of furan rings is 1. The molecule has 0 saturated carbocycles. The highest BCUT2D eigenvalue weighted by Crippen LogP contribution is 2.22. The van der Waals surface area contributed by atoms with E-state index >= 15 is 0 Å². The molecule has 1 N–H and O–H groups in total. The van der Waals surface area contributed by atoms with Gasteiger partial charge in [-0.05, 0) is 32.9 Å². The zero-order valence-electron chi connectivity index (χ0n) is 14.7. The Bertz CT molecular complexity index is 872. The van der Waals surface area contributed by atoms with Gasteiger partial charge in [0.1, 0.15) is 5.76 Å². The number of nitrogens with one attached hydrogen (secondary N) is 1. The zero-order valence-corrected chi connectivity index (χ0v) is 15.5. The summed E-state index contributed by atoms with van der Waals surface area (Å²) in [6.45, 7) is 6.14. The van der Waals surface area contributed by atoms with E-state index in [-0.39, 0.29) is 17.2 Å². The highest BCUT2D eigenvalue weighted by molar-refractivity contribution is 7.98. The number of thioether (sulfide) groups is 1. The summed E-state index contributed by atoms with van der Waals surface area (Å²) in [5.41, 5.74) is 0.503. The fourth-order valence-corrected chi connectivity index (χ4v) is 2.98. The summed E-state index contributed by atoms with van der Waals surface area (Å²) in [6.07, 6.45) is 7.07. The molecule has 0 unspecified atom stereocenters. The van der Waals surface area contributed by atoms with Crippen molar-refractivity contribution < 1.29 is 9.21 Å². The summed E-state index contributed by atoms with van der Waals surface area (Å²) in [5, 5.41) is 7.97. The topological polar surface area (TPSA) is 77.9 Å². The van der Waals surface area contributed by atoms with Crippen LogP contribution in [0.3, 0.4) is 0 Å². The molecule has 0 fully saturated rings. The lowest BCUT2D eigenvalue weighted by Crippen LogP contribution is -2.22. The second-order valence-electron chi connectivity index (χ2n) is 6.67. The van der Waals surface area contributed by atoms with Crippen molar-refractivity contribution in [2.45, 2.75) is 37.2 Å². The van der Waals surface area contributed by atoms with E-state index < -0.39 is 0 Å². The molecule has 0 bridgehead atoms. The van der Waals surface area contributed by atoms with Gasteiger partial charge in [0, 0.05) is 25.6 Å². The van der Waals surface area contributed by atoms with Crippen molar-refractivity contribution in [3.63, 3.8) is 0 Å². The molecule has 1 amide bonds. The minimum atomic E-state index is -0.290. The Labute approximate surface area is 150 Å². The van der Waals surface area contributed by atoms with Crippen LogP contribution in [0.1, 0.15) is 37.1 Å². The average molecular weight is 359 g/mol. The molecule has 0 radical (unpaired) electrons. The van der Waals surface area contributed by atoms with Gasteiger partial charge >= 0.3 is 0 Å². The molecule has 25 heavy (non-hydrogen) atoms. The number of carbonyl (C=O) groups excluding carboxylic acids is 1. The molecule has 0 aliphatic rings. The second-order valence-corrected chi connectivity index (χ2v) is 7.62. The number of anilines is 1. The molecule has 0 spiro atoms. The monoisotopic (exact) mass is 359 g/mol. The largest absolute Gasteiger partial charge is 0.455 e. The number of aromatic nitrogens is 4. The van der Waals surface area contributed by atoms with E-state index in [9.17, 15) is 4.79 Å². The summed E-state index contributed by atoms with van der Waals surface area (Å²) < 4.78 is 9.38. The molecule has 3 aromatic heterocycles. The van der Waals surface area contributed by atoms with Crippen molar-refractivity contribution in [2.24, 2.45) is 7.05 Å². The third kappa shape index (κ3) is 4.14. The molecule has 132 valence electrons. The third-order valence-corrected chi connectivity index (χ3v) is 4.61. The summed E-state index contributed by atoms with van der Waals surface area (Å²) >= 11 is 1.55. The van der Waals surface area contributed by atoms with Crippen LogP contribution in [0.2, 0.25) is 0 Å². The van der Waals surface area contributed by atoms with Crippen LogP contribution in [0.15, 0.2) is 46.5 Å². The van der Waals surface area contributed by atoms with Crippen LogP contribution >= 0.6 is 11.8 Å². The van der Waals surface area contributed by atoms with E-state index in [1.165, 1.54) is 0 Å². The SMILES string of the molecule is Cn1ccnc1SCc1ccc(C(=O)Nc2cnn(C(C)(C)C)c2)o1. The number of hydrogen-bond acceptors (Lipinski definition) is 5. The Morgan fingerprint density at radius 1 is 1.36 bits per heavy atom. The maximum absolute atomic E-state index is 12.3. The first-order valence-electron chi connectivity index (χ1n) is 7.88. The highest BCUT2D eigenvalue weighted by atomic mass is 32.2. The molecule has 0 aliphatic carbocycles. The number of aryl methyl sites for hydroxylation is 1. The minimum Gasteiger partial charge on any atom is -0.455 e. The van der Waals surface area contributed by atoms with Crippen molar-refractivity contribution in [3.8, 4) is 0 Å². The summed E-state index contributed by atoms with van der Waals surface area (Å²) in [7, 11) is 1.94. The number of nitrogens with zero attached hydrogens (tertiary/aromatic N) is 4. The first-order valence-corrected chi connectivity index (χ1v) is 8.87. The fourth-order valence-electron chi connectivity index (χ4n) is 2.15. The molecular weight excluding hydrogens is 338 g/mol. The molecule has 3 rings (SSSR count). The van der Waals surface area contributed by atoms with Crippen LogP contribution in [-0.2, 0) is 18.3 Å². The van der Waals surface area contributed by atoms with E-state index in [1.54, 1.807) is 41.1 Å². The second kappa shape index (κ2) is 6.79. The lowest BCUT2D eigenvalue weighted by atomic mass is 10.1. The minimum absolute atomic E-state index is 0.136. The Kier molecular flexibility index (Phi) is 4.71. The van der Waals surface area contributed by atoms with Gasteiger partial charge in [-0.25, -0.2) is 4.98 Å². The van der Waals surface area contributed by atoms with Gasteiger partial charge in [0.25, 0.3) is 5.91 Å². The van der Waals surface area contributed by atoms with Crippen molar-refractivity contribution in [1.82, 2.24) is 19.3 Å². The molecule has 0 aliphatic heterocycles. The third-order valence-electron chi connectivity index (χ3n) is 3.53. The lowest BCUT2D eigenvalue weighted by Gasteiger charge is -2.18. The van der Waals surface area contributed by atoms with E-state index in [1.807, 2.05) is 44.6 Å². The number of hydrogen-bond donors (Lipinski definition) is 1. The standard InChI is InChI=1S/C17H21N5O2S/c1-17(2,3)22-10-12(9-19-22)20-15(23)14-6-5-13(24-14)11-25-16-18-7-8-21(16)4/h5-10H,11H2,1-4H3,(H,20,23). The van der Waals surface area contributed by atoms with Gasteiger partial charge in [-0.15, -0.1) is 0 Å². The van der Waals surface area contributed by atoms with Gasteiger partial charge in [0.15, 0.2) is 10.9 Å². The van der Waals surface area contributed by atoms with Gasteiger partial charge in [-0.2, -0.15) is 5.10 Å². The van der Waals surface area contributed by atoms with E-state index in [0.717, 1.165) is 10.9 Å². The lowest BCUT2D eigenvalue weighted by molar-refractivity contribution is 0.0995. The van der Waals surface area contributed by atoms with Crippen molar-refractivity contribution in [2.75, 3.05) is 5.32 Å². The maximum Gasteiger partial charge on any atom is 0.291 e. The van der Waals surface area contributed by atoms with Crippen LogP contribution in [-0.4, -0.2) is 25.2 Å². The van der Waals surface area contributed by atoms with Gasteiger partial charge in [-0.3, -0.25) is 9.48 Å². The van der Waals surface area contributed by atoms with Crippen LogP contribution < -0.4 is 5.32 Å². The molecule has 3 aromatic rings. The van der Waals surface area contributed by atoms with Gasteiger partial charge in [0.05, 0.1) is 23.2 Å². The molecular formula is C17H21N5O2S. The fraction of sp³-hybridized carbons (Fsp3) is 0.353. The summed E-state index contributed by atoms with van der Waals surface area (Å²) in [6, 6.07) is 3.49. The van der Waals surface area contributed by atoms with Crippen LogP contribution in [0.5, 0.6) is 0 Å². The molecule has 3 heterocycles. The Hall–Kier alpha value is -2.48. The van der Waals surface area contributed by atoms with Crippen molar-refractivity contribution >= 4 is 23.4 Å². The van der Waals surface area contributed by atoms with Gasteiger partial charge in [0.2, 0.25) is 0 Å². The molecule has 8 heteroatoms. The summed E-state index contributed by atoms with van der Waals surface area (Å²) in [4.78, 5) is 16.6. The normalized spacial score (nSPS) is 11.7. The number of amides is 1. The molecule has 0 aromatic carbocycles. The van der Waals surface area contributed by atoms with Crippen LogP contribution in [0.4, 0.5) is 5.69 Å². The first kappa shape index (κ1) is 17.3. The van der Waals surface area contributed by atoms with Gasteiger partial charge < -0.3 is 14.3 Å². The van der Waals surface area contributed by atoms with E-state index in [2.05, 4.69) is 15.4 Å². The molecule has 0 saturated heterocycles. The predicted molar refractivity (Wildman–Crippen MR) is 96.7 cm³/mol. The quantitative estimate of drug-likeness (QED) is 0.705. The number of imidazole rings is 1. The van der Waals surface area contributed by atoms with Crippen molar-refractivity contribution in [3.05, 3.63) is 48.4 Å².